The normalized spacial score (nSPS) is 28.9. The Morgan fingerprint density at radius 3 is 2.64 bits per heavy atom. The second kappa shape index (κ2) is 4.45. The fourth-order valence-electron chi connectivity index (χ4n) is 2.06. The topological polar surface area (TPSA) is 55.5 Å². The van der Waals surface area contributed by atoms with E-state index in [4.69, 9.17) is 5.73 Å². The molecule has 0 amide bonds. The van der Waals surface area contributed by atoms with Gasteiger partial charge in [0.1, 0.15) is 11.2 Å². The standard InChI is InChI=1S/C10H16N2OS/c11-8-6-14-10(12-8)9(13)7-4-2-1-3-5-7/h7-8H,1-6,11H2. The van der Waals surface area contributed by atoms with Gasteiger partial charge < -0.3 is 5.73 Å². The van der Waals surface area contributed by atoms with Crippen molar-refractivity contribution in [3.8, 4) is 0 Å². The van der Waals surface area contributed by atoms with Crippen molar-refractivity contribution < 1.29 is 4.79 Å². The molecule has 1 heterocycles. The number of hydrogen-bond acceptors (Lipinski definition) is 4. The quantitative estimate of drug-likeness (QED) is 0.756. The summed E-state index contributed by atoms with van der Waals surface area (Å²) in [5, 5.41) is 0.685. The summed E-state index contributed by atoms with van der Waals surface area (Å²) in [5.74, 6) is 1.26. The number of nitrogens with two attached hydrogens (primary N) is 1. The van der Waals surface area contributed by atoms with Gasteiger partial charge in [-0.3, -0.25) is 9.79 Å². The van der Waals surface area contributed by atoms with Crippen LogP contribution in [0.1, 0.15) is 32.1 Å². The molecule has 3 nitrogen and oxygen atoms in total. The highest BCUT2D eigenvalue weighted by Crippen LogP contribution is 2.28. The fraction of sp³-hybridized carbons (Fsp3) is 0.800. The Balaban J connectivity index is 1.97. The van der Waals surface area contributed by atoms with Gasteiger partial charge in [0.2, 0.25) is 0 Å². The Morgan fingerprint density at radius 2 is 2.07 bits per heavy atom. The monoisotopic (exact) mass is 212 g/mol. The number of Topliss-reactive ketones (excluding diaryl/α,β-unsaturated/α-hetero) is 1. The number of aliphatic imine (C=N–C) groups is 1. The minimum Gasteiger partial charge on any atom is -0.309 e. The van der Waals surface area contributed by atoms with Crippen molar-refractivity contribution in [1.82, 2.24) is 0 Å². The van der Waals surface area contributed by atoms with Gasteiger partial charge >= 0.3 is 0 Å². The third-order valence-electron chi connectivity index (χ3n) is 2.86. The predicted molar refractivity (Wildman–Crippen MR) is 59.5 cm³/mol. The molecular formula is C10H16N2OS. The first-order valence-corrected chi connectivity index (χ1v) is 6.26. The molecule has 1 unspecified atom stereocenters. The maximum Gasteiger partial charge on any atom is 0.190 e. The zero-order valence-corrected chi connectivity index (χ0v) is 9.05. The molecule has 1 aliphatic heterocycles. The zero-order valence-electron chi connectivity index (χ0n) is 8.24. The van der Waals surface area contributed by atoms with E-state index < -0.39 is 0 Å². The lowest BCUT2D eigenvalue weighted by Gasteiger charge is -2.19. The molecule has 0 radical (unpaired) electrons. The van der Waals surface area contributed by atoms with Crippen molar-refractivity contribution in [1.29, 1.82) is 0 Å². The Labute approximate surface area is 88.5 Å². The van der Waals surface area contributed by atoms with Gasteiger partial charge in [-0.1, -0.05) is 31.0 Å². The van der Waals surface area contributed by atoms with Crippen molar-refractivity contribution >= 4 is 22.6 Å². The van der Waals surface area contributed by atoms with Gasteiger partial charge in [0.25, 0.3) is 0 Å². The van der Waals surface area contributed by atoms with E-state index in [9.17, 15) is 4.79 Å². The summed E-state index contributed by atoms with van der Waals surface area (Å²) in [6, 6.07) is 0. The predicted octanol–water partition coefficient (Wildman–Crippen LogP) is 1.57. The minimum absolute atomic E-state index is 0.150. The second-order valence-electron chi connectivity index (χ2n) is 4.01. The van der Waals surface area contributed by atoms with Gasteiger partial charge in [0.05, 0.1) is 0 Å². The molecule has 0 aromatic carbocycles. The highest BCUT2D eigenvalue weighted by atomic mass is 32.2. The first kappa shape index (κ1) is 10.2. The molecule has 4 heteroatoms. The summed E-state index contributed by atoms with van der Waals surface area (Å²) in [7, 11) is 0. The summed E-state index contributed by atoms with van der Waals surface area (Å²) in [6.45, 7) is 0. The molecule has 1 atom stereocenters. The lowest BCUT2D eigenvalue weighted by atomic mass is 9.86. The van der Waals surface area contributed by atoms with Crippen LogP contribution in [0.4, 0.5) is 0 Å². The molecule has 2 aliphatic rings. The Hall–Kier alpha value is -0.350. The van der Waals surface area contributed by atoms with Crippen molar-refractivity contribution in [3.05, 3.63) is 0 Å². The van der Waals surface area contributed by atoms with Crippen LogP contribution in [0.2, 0.25) is 0 Å². The molecule has 2 rings (SSSR count). The van der Waals surface area contributed by atoms with Crippen molar-refractivity contribution in [3.63, 3.8) is 0 Å². The van der Waals surface area contributed by atoms with Gasteiger partial charge in [-0.15, -0.1) is 0 Å². The van der Waals surface area contributed by atoms with Crippen LogP contribution >= 0.6 is 11.8 Å². The molecule has 14 heavy (non-hydrogen) atoms. The molecule has 1 saturated carbocycles. The van der Waals surface area contributed by atoms with E-state index >= 15 is 0 Å². The number of thioether (sulfide) groups is 1. The van der Waals surface area contributed by atoms with Gasteiger partial charge in [-0.2, -0.15) is 0 Å². The summed E-state index contributed by atoms with van der Waals surface area (Å²) in [6.07, 6.45) is 5.62. The molecule has 0 spiro atoms. The van der Waals surface area contributed by atoms with Crippen molar-refractivity contribution in [2.45, 2.75) is 38.3 Å². The van der Waals surface area contributed by atoms with E-state index in [1.165, 1.54) is 31.0 Å². The van der Waals surface area contributed by atoms with Gasteiger partial charge in [0, 0.05) is 11.7 Å². The third kappa shape index (κ3) is 2.17. The van der Waals surface area contributed by atoms with Crippen LogP contribution in [0.15, 0.2) is 4.99 Å². The fourth-order valence-corrected chi connectivity index (χ4v) is 2.99. The van der Waals surface area contributed by atoms with Crippen LogP contribution in [0.25, 0.3) is 0 Å². The lowest BCUT2D eigenvalue weighted by Crippen LogP contribution is -2.23. The minimum atomic E-state index is -0.150. The maximum absolute atomic E-state index is 11.9. The van der Waals surface area contributed by atoms with E-state index in [1.807, 2.05) is 0 Å². The van der Waals surface area contributed by atoms with Crippen LogP contribution in [0.3, 0.4) is 0 Å². The highest BCUT2D eigenvalue weighted by Gasteiger charge is 2.28. The Morgan fingerprint density at radius 1 is 1.36 bits per heavy atom. The molecule has 0 saturated heterocycles. The van der Waals surface area contributed by atoms with Crippen molar-refractivity contribution in [2.24, 2.45) is 16.6 Å². The van der Waals surface area contributed by atoms with Crippen molar-refractivity contribution in [2.75, 3.05) is 5.75 Å². The molecule has 0 bridgehead atoms. The van der Waals surface area contributed by atoms with E-state index in [0.717, 1.165) is 18.6 Å². The Kier molecular flexibility index (Phi) is 3.23. The number of rotatable bonds is 2. The first-order valence-electron chi connectivity index (χ1n) is 5.28. The highest BCUT2D eigenvalue weighted by molar-refractivity contribution is 8.16. The molecule has 0 aromatic rings. The number of carbonyl (C=O) groups is 1. The van der Waals surface area contributed by atoms with Gasteiger partial charge in [-0.25, -0.2) is 0 Å². The second-order valence-corrected chi connectivity index (χ2v) is 5.02. The largest absolute Gasteiger partial charge is 0.309 e. The van der Waals surface area contributed by atoms with E-state index in [0.29, 0.717) is 5.04 Å². The number of carbonyl (C=O) groups excluding carboxylic acids is 1. The molecule has 2 N–H and O–H groups in total. The number of ketones is 1. The zero-order chi connectivity index (χ0) is 9.97. The molecular weight excluding hydrogens is 196 g/mol. The Bertz CT molecular complexity index is 259. The summed E-state index contributed by atoms with van der Waals surface area (Å²) in [4.78, 5) is 16.1. The smallest absolute Gasteiger partial charge is 0.190 e. The molecule has 78 valence electrons. The van der Waals surface area contributed by atoms with Crippen LogP contribution in [0.5, 0.6) is 0 Å². The van der Waals surface area contributed by atoms with Crippen LogP contribution in [-0.4, -0.2) is 22.7 Å². The molecule has 0 aromatic heterocycles. The summed E-state index contributed by atoms with van der Waals surface area (Å²) < 4.78 is 0. The van der Waals surface area contributed by atoms with E-state index in [2.05, 4.69) is 4.99 Å². The van der Waals surface area contributed by atoms with Crippen LogP contribution in [-0.2, 0) is 4.79 Å². The molecule has 1 aliphatic carbocycles. The van der Waals surface area contributed by atoms with Gasteiger partial charge in [0.15, 0.2) is 5.78 Å². The summed E-state index contributed by atoms with van der Waals surface area (Å²) in [5.41, 5.74) is 5.63. The number of hydrogen-bond donors (Lipinski definition) is 1. The van der Waals surface area contributed by atoms with Crippen LogP contribution in [0, 0.1) is 5.92 Å². The maximum atomic E-state index is 11.9. The average Bonchev–Trinajstić information content (AvgIpc) is 2.65. The lowest BCUT2D eigenvalue weighted by molar-refractivity contribution is -0.117. The average molecular weight is 212 g/mol. The first-order chi connectivity index (χ1) is 6.77. The van der Waals surface area contributed by atoms with Crippen LogP contribution < -0.4 is 5.73 Å². The van der Waals surface area contributed by atoms with E-state index in [-0.39, 0.29) is 17.9 Å². The number of nitrogens with zero attached hydrogens (tertiary/aromatic N) is 1. The third-order valence-corrected chi connectivity index (χ3v) is 3.95. The molecule has 1 fully saturated rings. The summed E-state index contributed by atoms with van der Waals surface area (Å²) >= 11 is 1.53. The van der Waals surface area contributed by atoms with E-state index in [1.54, 1.807) is 0 Å². The van der Waals surface area contributed by atoms with Gasteiger partial charge in [-0.05, 0) is 12.8 Å². The SMILES string of the molecule is NC1CSC(C(=O)C2CCCCC2)=N1.